The molecular formula is C6H11NO3. The Labute approximate surface area is 59.2 Å². The van der Waals surface area contributed by atoms with Crippen LogP contribution < -0.4 is 5.32 Å². The quantitative estimate of drug-likeness (QED) is 0.408. The molecule has 0 aromatic heterocycles. The lowest BCUT2D eigenvalue weighted by Gasteiger charge is -1.95. The summed E-state index contributed by atoms with van der Waals surface area (Å²) < 4.78 is 0. The van der Waals surface area contributed by atoms with E-state index in [2.05, 4.69) is 5.32 Å². The van der Waals surface area contributed by atoms with Crippen LogP contribution in [0.3, 0.4) is 0 Å². The zero-order valence-electron chi connectivity index (χ0n) is 5.67. The van der Waals surface area contributed by atoms with Crippen molar-refractivity contribution in [3.05, 3.63) is 0 Å². The average molecular weight is 145 g/mol. The molecule has 0 aromatic rings. The predicted octanol–water partition coefficient (Wildman–Crippen LogP) is -0.0127. The Hall–Kier alpha value is -1.06. The molecule has 0 saturated carbocycles. The van der Waals surface area contributed by atoms with Crippen LogP contribution in [0, 0.1) is 0 Å². The lowest BCUT2D eigenvalue weighted by molar-refractivity contribution is -0.137. The molecule has 0 bridgehead atoms. The second-order valence-corrected chi connectivity index (χ2v) is 1.92. The van der Waals surface area contributed by atoms with Crippen LogP contribution in [0.4, 0.5) is 0 Å². The van der Waals surface area contributed by atoms with Crippen LogP contribution in [0.1, 0.15) is 19.3 Å². The minimum absolute atomic E-state index is 0.181. The second kappa shape index (κ2) is 6.07. The molecule has 0 fully saturated rings. The number of carboxylic acid groups (broad SMARTS) is 1. The molecule has 0 spiro atoms. The Balaban J connectivity index is 2.90. The van der Waals surface area contributed by atoms with Crippen molar-refractivity contribution in [3.63, 3.8) is 0 Å². The van der Waals surface area contributed by atoms with Crippen molar-refractivity contribution in [2.45, 2.75) is 19.3 Å². The van der Waals surface area contributed by atoms with Crippen LogP contribution in [-0.4, -0.2) is 24.0 Å². The predicted molar refractivity (Wildman–Crippen MR) is 35.6 cm³/mol. The Bertz CT molecular complexity index is 114. The number of carbonyl (C=O) groups excluding carboxylic acids is 1. The normalized spacial score (nSPS) is 8.80. The SMILES string of the molecule is O=CNCCCCC(=O)O. The minimum Gasteiger partial charge on any atom is -0.481 e. The van der Waals surface area contributed by atoms with Crippen molar-refractivity contribution in [1.29, 1.82) is 0 Å². The van der Waals surface area contributed by atoms with Gasteiger partial charge in [-0.1, -0.05) is 0 Å². The number of aliphatic carboxylic acids is 1. The summed E-state index contributed by atoms with van der Waals surface area (Å²) in [6.07, 6.45) is 2.14. The van der Waals surface area contributed by atoms with Gasteiger partial charge in [0.05, 0.1) is 0 Å². The smallest absolute Gasteiger partial charge is 0.303 e. The molecule has 1 amide bonds. The summed E-state index contributed by atoms with van der Waals surface area (Å²) in [5.74, 6) is -0.786. The Morgan fingerprint density at radius 3 is 2.70 bits per heavy atom. The van der Waals surface area contributed by atoms with E-state index in [1.807, 2.05) is 0 Å². The van der Waals surface area contributed by atoms with Gasteiger partial charge in [-0.3, -0.25) is 9.59 Å². The highest BCUT2D eigenvalue weighted by molar-refractivity contribution is 5.66. The maximum absolute atomic E-state index is 9.94. The third kappa shape index (κ3) is 6.94. The summed E-state index contributed by atoms with van der Waals surface area (Å²) in [6, 6.07) is 0. The largest absolute Gasteiger partial charge is 0.481 e. The topological polar surface area (TPSA) is 66.4 Å². The van der Waals surface area contributed by atoms with Crippen LogP contribution in [0.2, 0.25) is 0 Å². The molecule has 4 nitrogen and oxygen atoms in total. The molecule has 10 heavy (non-hydrogen) atoms. The van der Waals surface area contributed by atoms with Gasteiger partial charge in [-0.05, 0) is 12.8 Å². The van der Waals surface area contributed by atoms with Gasteiger partial charge in [0.15, 0.2) is 0 Å². The number of nitrogens with one attached hydrogen (secondary N) is 1. The molecule has 2 N–H and O–H groups in total. The van der Waals surface area contributed by atoms with Crippen LogP contribution >= 0.6 is 0 Å². The van der Waals surface area contributed by atoms with Crippen molar-refractivity contribution in [2.75, 3.05) is 6.54 Å². The van der Waals surface area contributed by atoms with Gasteiger partial charge in [0, 0.05) is 13.0 Å². The van der Waals surface area contributed by atoms with Crippen LogP contribution in [-0.2, 0) is 9.59 Å². The lowest BCUT2D eigenvalue weighted by atomic mass is 10.2. The number of amides is 1. The monoisotopic (exact) mass is 145 g/mol. The zero-order chi connectivity index (χ0) is 7.82. The summed E-state index contributed by atoms with van der Waals surface area (Å²) in [5, 5.41) is 10.6. The van der Waals surface area contributed by atoms with Gasteiger partial charge in [0.25, 0.3) is 0 Å². The van der Waals surface area contributed by atoms with Crippen molar-refractivity contribution < 1.29 is 14.7 Å². The highest BCUT2D eigenvalue weighted by Gasteiger charge is 1.94. The molecule has 0 atom stereocenters. The van der Waals surface area contributed by atoms with E-state index in [-0.39, 0.29) is 6.42 Å². The Morgan fingerprint density at radius 1 is 1.50 bits per heavy atom. The van der Waals surface area contributed by atoms with Gasteiger partial charge < -0.3 is 10.4 Å². The number of unbranched alkanes of at least 4 members (excludes halogenated alkanes) is 1. The standard InChI is InChI=1S/C6H11NO3/c8-5-7-4-2-1-3-6(9)10/h5H,1-4H2,(H,7,8)(H,9,10). The maximum atomic E-state index is 9.94. The molecular weight excluding hydrogens is 134 g/mol. The van der Waals surface area contributed by atoms with Gasteiger partial charge >= 0.3 is 5.97 Å². The van der Waals surface area contributed by atoms with E-state index in [1.54, 1.807) is 0 Å². The highest BCUT2D eigenvalue weighted by Crippen LogP contribution is 1.92. The summed E-state index contributed by atoms with van der Waals surface area (Å²) >= 11 is 0. The van der Waals surface area contributed by atoms with Gasteiger partial charge in [-0.15, -0.1) is 0 Å². The molecule has 58 valence electrons. The third-order valence-electron chi connectivity index (χ3n) is 1.05. The number of rotatable bonds is 6. The number of carboxylic acids is 1. The second-order valence-electron chi connectivity index (χ2n) is 1.92. The fourth-order valence-corrected chi connectivity index (χ4v) is 0.562. The highest BCUT2D eigenvalue weighted by atomic mass is 16.4. The summed E-state index contributed by atoms with van der Waals surface area (Å²) in [6.45, 7) is 0.566. The van der Waals surface area contributed by atoms with E-state index in [9.17, 15) is 9.59 Å². The van der Waals surface area contributed by atoms with E-state index < -0.39 is 5.97 Å². The summed E-state index contributed by atoms with van der Waals surface area (Å²) in [4.78, 5) is 19.6. The van der Waals surface area contributed by atoms with Crippen molar-refractivity contribution >= 4 is 12.4 Å². The fourth-order valence-electron chi connectivity index (χ4n) is 0.562. The van der Waals surface area contributed by atoms with Gasteiger partial charge in [0.1, 0.15) is 0 Å². The minimum atomic E-state index is -0.786. The average Bonchev–Trinajstić information content (AvgIpc) is 1.87. The van der Waals surface area contributed by atoms with Crippen LogP contribution in [0.5, 0.6) is 0 Å². The summed E-state index contributed by atoms with van der Waals surface area (Å²) in [7, 11) is 0. The van der Waals surface area contributed by atoms with Gasteiger partial charge in [0.2, 0.25) is 6.41 Å². The van der Waals surface area contributed by atoms with Crippen LogP contribution in [0.15, 0.2) is 0 Å². The molecule has 0 saturated heterocycles. The molecule has 0 radical (unpaired) electrons. The first-order chi connectivity index (χ1) is 4.77. The van der Waals surface area contributed by atoms with Gasteiger partial charge in [-0.25, -0.2) is 0 Å². The Morgan fingerprint density at radius 2 is 2.20 bits per heavy atom. The summed E-state index contributed by atoms with van der Waals surface area (Å²) in [5.41, 5.74) is 0. The van der Waals surface area contributed by atoms with Crippen LogP contribution in [0.25, 0.3) is 0 Å². The molecule has 4 heteroatoms. The molecule has 0 aliphatic rings. The molecule has 0 aromatic carbocycles. The fraction of sp³-hybridized carbons (Fsp3) is 0.667. The molecule has 0 unspecified atom stereocenters. The van der Waals surface area contributed by atoms with Crippen molar-refractivity contribution in [1.82, 2.24) is 5.32 Å². The van der Waals surface area contributed by atoms with E-state index in [0.717, 1.165) is 6.42 Å². The van der Waals surface area contributed by atoms with E-state index in [4.69, 9.17) is 5.11 Å². The third-order valence-corrected chi connectivity index (χ3v) is 1.05. The van der Waals surface area contributed by atoms with Gasteiger partial charge in [-0.2, -0.15) is 0 Å². The van der Waals surface area contributed by atoms with E-state index in [0.29, 0.717) is 19.4 Å². The Kier molecular flexibility index (Phi) is 5.42. The van der Waals surface area contributed by atoms with E-state index in [1.165, 1.54) is 0 Å². The molecule has 0 heterocycles. The lowest BCUT2D eigenvalue weighted by Crippen LogP contribution is -2.12. The number of hydrogen-bond donors (Lipinski definition) is 2. The first-order valence-electron chi connectivity index (χ1n) is 3.16. The zero-order valence-corrected chi connectivity index (χ0v) is 5.67. The first-order valence-corrected chi connectivity index (χ1v) is 3.16. The number of carbonyl (C=O) groups is 2. The maximum Gasteiger partial charge on any atom is 0.303 e. The van der Waals surface area contributed by atoms with E-state index >= 15 is 0 Å². The van der Waals surface area contributed by atoms with Crippen molar-refractivity contribution in [2.24, 2.45) is 0 Å². The molecule has 0 aliphatic carbocycles. The first kappa shape index (κ1) is 8.94. The molecule has 0 rings (SSSR count). The van der Waals surface area contributed by atoms with Crippen molar-refractivity contribution in [3.8, 4) is 0 Å². The number of hydrogen-bond acceptors (Lipinski definition) is 2. The molecule has 0 aliphatic heterocycles.